The van der Waals surface area contributed by atoms with E-state index >= 15 is 0 Å². The molecular formula is C15H17ClO4. The van der Waals surface area contributed by atoms with Crippen molar-refractivity contribution in [3.63, 3.8) is 0 Å². The van der Waals surface area contributed by atoms with Gasteiger partial charge in [0.15, 0.2) is 11.5 Å². The number of hydrogen-bond donors (Lipinski definition) is 1. The van der Waals surface area contributed by atoms with Crippen LogP contribution in [0.5, 0.6) is 11.5 Å². The third-order valence-electron chi connectivity index (χ3n) is 2.77. The molecule has 0 bridgehead atoms. The maximum atomic E-state index is 10.3. The molecule has 0 saturated carbocycles. The zero-order valence-electron chi connectivity index (χ0n) is 11.4. The highest BCUT2D eigenvalue weighted by Crippen LogP contribution is 2.38. The number of furan rings is 1. The minimum Gasteiger partial charge on any atom is -0.490 e. The molecule has 108 valence electrons. The van der Waals surface area contributed by atoms with E-state index in [-0.39, 0.29) is 0 Å². The van der Waals surface area contributed by atoms with E-state index in [4.69, 9.17) is 25.5 Å². The van der Waals surface area contributed by atoms with Gasteiger partial charge in [-0.25, -0.2) is 0 Å². The molecule has 0 radical (unpaired) electrons. The normalized spacial score (nSPS) is 12.2. The first-order valence-electron chi connectivity index (χ1n) is 6.47. The fourth-order valence-corrected chi connectivity index (χ4v) is 2.15. The lowest BCUT2D eigenvalue weighted by atomic mass is 10.1. The van der Waals surface area contributed by atoms with Crippen molar-refractivity contribution in [3.05, 3.63) is 46.9 Å². The molecule has 0 aliphatic rings. The fourth-order valence-electron chi connectivity index (χ4n) is 1.90. The second-order valence-corrected chi connectivity index (χ2v) is 4.51. The summed E-state index contributed by atoms with van der Waals surface area (Å²) in [7, 11) is 0. The molecule has 1 N–H and O–H groups in total. The first kappa shape index (κ1) is 14.8. The van der Waals surface area contributed by atoms with Gasteiger partial charge in [0.05, 0.1) is 24.5 Å². The molecule has 0 amide bonds. The molecule has 1 aromatic carbocycles. The van der Waals surface area contributed by atoms with Gasteiger partial charge in [-0.2, -0.15) is 0 Å². The van der Waals surface area contributed by atoms with E-state index < -0.39 is 6.10 Å². The van der Waals surface area contributed by atoms with Gasteiger partial charge >= 0.3 is 0 Å². The smallest absolute Gasteiger partial charge is 0.162 e. The number of hydrogen-bond acceptors (Lipinski definition) is 4. The Morgan fingerprint density at radius 1 is 1.20 bits per heavy atom. The molecule has 0 aliphatic carbocycles. The molecule has 1 aromatic heterocycles. The predicted molar refractivity (Wildman–Crippen MR) is 76.6 cm³/mol. The van der Waals surface area contributed by atoms with Crippen LogP contribution in [0.1, 0.15) is 31.3 Å². The topological polar surface area (TPSA) is 51.8 Å². The van der Waals surface area contributed by atoms with Crippen molar-refractivity contribution in [2.75, 3.05) is 13.2 Å². The maximum absolute atomic E-state index is 10.3. The Kier molecular flexibility index (Phi) is 4.93. The van der Waals surface area contributed by atoms with Crippen LogP contribution in [0.4, 0.5) is 0 Å². The first-order valence-corrected chi connectivity index (χ1v) is 6.85. The lowest BCUT2D eigenvalue weighted by Gasteiger charge is -2.16. The highest BCUT2D eigenvalue weighted by molar-refractivity contribution is 6.31. The van der Waals surface area contributed by atoms with Crippen molar-refractivity contribution in [1.29, 1.82) is 0 Å². The van der Waals surface area contributed by atoms with Gasteiger partial charge in [-0.3, -0.25) is 0 Å². The van der Waals surface area contributed by atoms with Crippen molar-refractivity contribution < 1.29 is 19.0 Å². The molecule has 2 aromatic rings. The van der Waals surface area contributed by atoms with Crippen LogP contribution in [0.25, 0.3) is 0 Å². The van der Waals surface area contributed by atoms with Gasteiger partial charge in [0.25, 0.3) is 0 Å². The molecule has 0 aliphatic heterocycles. The van der Waals surface area contributed by atoms with Crippen molar-refractivity contribution in [2.45, 2.75) is 20.0 Å². The number of ether oxygens (including phenoxy) is 2. The van der Waals surface area contributed by atoms with Crippen LogP contribution >= 0.6 is 11.6 Å². The van der Waals surface area contributed by atoms with Crippen molar-refractivity contribution in [2.24, 2.45) is 0 Å². The summed E-state index contributed by atoms with van der Waals surface area (Å²) >= 11 is 6.21. The molecule has 2 rings (SSSR count). The Balaban J connectivity index is 2.40. The molecular weight excluding hydrogens is 280 g/mol. The van der Waals surface area contributed by atoms with E-state index in [9.17, 15) is 5.11 Å². The molecule has 5 heteroatoms. The average molecular weight is 297 g/mol. The summed E-state index contributed by atoms with van der Waals surface area (Å²) in [5.41, 5.74) is 0.522. The third kappa shape index (κ3) is 3.08. The molecule has 0 saturated heterocycles. The second kappa shape index (κ2) is 6.68. The molecule has 0 spiro atoms. The number of benzene rings is 1. The minimum atomic E-state index is -0.938. The lowest BCUT2D eigenvalue weighted by Crippen LogP contribution is -2.03. The quantitative estimate of drug-likeness (QED) is 0.880. The summed E-state index contributed by atoms with van der Waals surface area (Å²) in [4.78, 5) is 0. The highest BCUT2D eigenvalue weighted by Gasteiger charge is 2.20. The van der Waals surface area contributed by atoms with Gasteiger partial charge in [0, 0.05) is 11.6 Å². The molecule has 0 fully saturated rings. The third-order valence-corrected chi connectivity index (χ3v) is 3.10. The van der Waals surface area contributed by atoms with Crippen LogP contribution in [0.3, 0.4) is 0 Å². The largest absolute Gasteiger partial charge is 0.490 e. The van der Waals surface area contributed by atoms with E-state index in [1.807, 2.05) is 13.8 Å². The van der Waals surface area contributed by atoms with Gasteiger partial charge in [0.2, 0.25) is 0 Å². The van der Waals surface area contributed by atoms with E-state index in [0.717, 1.165) is 0 Å². The summed E-state index contributed by atoms with van der Waals surface area (Å²) in [5.74, 6) is 1.55. The Morgan fingerprint density at radius 2 is 1.85 bits per heavy atom. The van der Waals surface area contributed by atoms with E-state index in [1.165, 1.54) is 6.26 Å². The van der Waals surface area contributed by atoms with E-state index in [0.29, 0.717) is 41.1 Å². The summed E-state index contributed by atoms with van der Waals surface area (Å²) < 4.78 is 16.2. The van der Waals surface area contributed by atoms with Crippen LogP contribution in [0, 0.1) is 0 Å². The Morgan fingerprint density at radius 3 is 2.40 bits per heavy atom. The van der Waals surface area contributed by atoms with Gasteiger partial charge < -0.3 is 19.0 Å². The van der Waals surface area contributed by atoms with Crippen molar-refractivity contribution in [3.8, 4) is 11.5 Å². The Hall–Kier alpha value is -1.65. The van der Waals surface area contributed by atoms with Gasteiger partial charge in [-0.05, 0) is 32.0 Å². The number of halogens is 1. The minimum absolute atomic E-state index is 0.404. The summed E-state index contributed by atoms with van der Waals surface area (Å²) in [6.45, 7) is 4.77. The van der Waals surface area contributed by atoms with E-state index in [2.05, 4.69) is 0 Å². The number of aliphatic hydroxyl groups excluding tert-OH is 1. The van der Waals surface area contributed by atoms with Crippen LogP contribution in [-0.4, -0.2) is 18.3 Å². The summed E-state index contributed by atoms with van der Waals surface area (Å²) in [5, 5.41) is 10.7. The first-order chi connectivity index (χ1) is 9.67. The average Bonchev–Trinajstić information content (AvgIpc) is 2.95. The molecule has 1 unspecified atom stereocenters. The lowest BCUT2D eigenvalue weighted by molar-refractivity contribution is 0.188. The molecule has 1 atom stereocenters. The van der Waals surface area contributed by atoms with Gasteiger partial charge in [0.1, 0.15) is 11.9 Å². The van der Waals surface area contributed by atoms with Crippen molar-refractivity contribution in [1.82, 2.24) is 0 Å². The van der Waals surface area contributed by atoms with Crippen LogP contribution in [-0.2, 0) is 0 Å². The molecule has 20 heavy (non-hydrogen) atoms. The van der Waals surface area contributed by atoms with Crippen LogP contribution in [0.2, 0.25) is 5.02 Å². The molecule has 1 heterocycles. The number of aliphatic hydroxyl groups is 1. The monoisotopic (exact) mass is 296 g/mol. The van der Waals surface area contributed by atoms with Gasteiger partial charge in [-0.15, -0.1) is 0 Å². The maximum Gasteiger partial charge on any atom is 0.162 e. The van der Waals surface area contributed by atoms with E-state index in [1.54, 1.807) is 24.3 Å². The zero-order chi connectivity index (χ0) is 14.5. The van der Waals surface area contributed by atoms with Gasteiger partial charge in [-0.1, -0.05) is 11.6 Å². The summed E-state index contributed by atoms with van der Waals surface area (Å²) in [6, 6.07) is 6.74. The number of rotatable bonds is 6. The van der Waals surface area contributed by atoms with Crippen LogP contribution < -0.4 is 9.47 Å². The van der Waals surface area contributed by atoms with Crippen LogP contribution in [0.15, 0.2) is 34.9 Å². The standard InChI is InChI=1S/C15H17ClO4/c1-3-18-13-8-10(11(16)9-14(13)19-4-2)15(17)12-6-5-7-20-12/h5-9,15,17H,3-4H2,1-2H3. The highest BCUT2D eigenvalue weighted by atomic mass is 35.5. The Labute approximate surface area is 122 Å². The zero-order valence-corrected chi connectivity index (χ0v) is 12.2. The SMILES string of the molecule is CCOc1cc(Cl)c(C(O)c2ccco2)cc1OCC. The Bertz CT molecular complexity index is 551. The molecule has 4 nitrogen and oxygen atoms in total. The summed E-state index contributed by atoms with van der Waals surface area (Å²) in [6.07, 6.45) is 0.567. The van der Waals surface area contributed by atoms with Crippen molar-refractivity contribution >= 4 is 11.6 Å². The predicted octanol–water partition coefficient (Wildman–Crippen LogP) is 3.81. The second-order valence-electron chi connectivity index (χ2n) is 4.10. The fraction of sp³-hybridized carbons (Fsp3) is 0.333.